The maximum atomic E-state index is 12.7. The number of pyridine rings is 1. The predicted molar refractivity (Wildman–Crippen MR) is 143 cm³/mol. The van der Waals surface area contributed by atoms with Crippen molar-refractivity contribution in [1.29, 1.82) is 0 Å². The van der Waals surface area contributed by atoms with E-state index in [0.29, 0.717) is 19.8 Å². The number of ether oxygens (including phenoxy) is 2. The van der Waals surface area contributed by atoms with Gasteiger partial charge in [-0.3, -0.25) is 9.78 Å². The van der Waals surface area contributed by atoms with E-state index in [1.54, 1.807) is 0 Å². The molecule has 0 saturated heterocycles. The summed E-state index contributed by atoms with van der Waals surface area (Å²) in [5.41, 5.74) is 4.79. The molecule has 2 atom stereocenters. The SMILES string of the molecule is CCOC(=O)C1C(c2nc3ccc(OCc4ccc(C)cn4)cc3n2Cc2ccc(Br)cc2)C1(C)C. The van der Waals surface area contributed by atoms with Gasteiger partial charge in [-0.2, -0.15) is 0 Å². The van der Waals surface area contributed by atoms with Gasteiger partial charge in [-0.05, 0) is 60.7 Å². The van der Waals surface area contributed by atoms with Crippen molar-refractivity contribution in [2.75, 3.05) is 6.61 Å². The van der Waals surface area contributed by atoms with E-state index in [9.17, 15) is 4.79 Å². The van der Waals surface area contributed by atoms with Crippen LogP contribution in [0.3, 0.4) is 0 Å². The Hall–Kier alpha value is -3.19. The summed E-state index contributed by atoms with van der Waals surface area (Å²) in [7, 11) is 0. The Bertz CT molecular complexity index is 1390. The van der Waals surface area contributed by atoms with E-state index < -0.39 is 0 Å². The number of carbonyl (C=O) groups is 1. The molecular formula is C29H30BrN3O3. The summed E-state index contributed by atoms with van der Waals surface area (Å²) < 4.78 is 14.7. The highest BCUT2D eigenvalue weighted by Crippen LogP contribution is 2.64. The first-order chi connectivity index (χ1) is 17.3. The molecule has 186 valence electrons. The van der Waals surface area contributed by atoms with Crippen molar-refractivity contribution in [3.05, 3.63) is 87.9 Å². The third-order valence-electron chi connectivity index (χ3n) is 7.01. The average Bonchev–Trinajstić information content (AvgIpc) is 3.27. The van der Waals surface area contributed by atoms with E-state index in [0.717, 1.165) is 43.9 Å². The second kappa shape index (κ2) is 9.69. The normalized spacial score (nSPS) is 18.2. The van der Waals surface area contributed by atoms with Crippen LogP contribution in [0.5, 0.6) is 5.75 Å². The van der Waals surface area contributed by atoms with Gasteiger partial charge in [0.25, 0.3) is 0 Å². The molecule has 5 rings (SSSR count). The molecule has 0 amide bonds. The van der Waals surface area contributed by atoms with Gasteiger partial charge < -0.3 is 14.0 Å². The first-order valence-corrected chi connectivity index (χ1v) is 13.0. The highest BCUT2D eigenvalue weighted by molar-refractivity contribution is 9.10. The lowest BCUT2D eigenvalue weighted by Crippen LogP contribution is -2.11. The Morgan fingerprint density at radius 1 is 1.11 bits per heavy atom. The number of esters is 1. The smallest absolute Gasteiger partial charge is 0.310 e. The van der Waals surface area contributed by atoms with E-state index in [1.165, 1.54) is 0 Å². The molecule has 0 radical (unpaired) electrons. The molecule has 2 unspecified atom stereocenters. The first kappa shape index (κ1) is 24.5. The van der Waals surface area contributed by atoms with Crippen LogP contribution in [0.4, 0.5) is 0 Å². The number of hydrogen-bond donors (Lipinski definition) is 0. The molecule has 2 aromatic heterocycles. The fraction of sp³-hybridized carbons (Fsp3) is 0.345. The monoisotopic (exact) mass is 547 g/mol. The Labute approximate surface area is 219 Å². The molecule has 36 heavy (non-hydrogen) atoms. The Balaban J connectivity index is 1.51. The van der Waals surface area contributed by atoms with Crippen molar-refractivity contribution in [3.63, 3.8) is 0 Å². The molecule has 6 nitrogen and oxygen atoms in total. The van der Waals surface area contributed by atoms with E-state index in [-0.39, 0.29) is 23.2 Å². The number of imidazole rings is 1. The van der Waals surface area contributed by atoms with E-state index >= 15 is 0 Å². The molecule has 0 spiro atoms. The number of rotatable bonds is 8. The highest BCUT2D eigenvalue weighted by Gasteiger charge is 2.65. The summed E-state index contributed by atoms with van der Waals surface area (Å²) >= 11 is 3.52. The number of nitrogens with zero attached hydrogens (tertiary/aromatic N) is 3. The van der Waals surface area contributed by atoms with Gasteiger partial charge in [0.05, 0.1) is 29.3 Å². The largest absolute Gasteiger partial charge is 0.487 e. The van der Waals surface area contributed by atoms with Crippen LogP contribution in [0, 0.1) is 18.3 Å². The fourth-order valence-corrected chi connectivity index (χ4v) is 5.18. The van der Waals surface area contributed by atoms with Crippen molar-refractivity contribution in [2.45, 2.75) is 46.8 Å². The lowest BCUT2D eigenvalue weighted by Gasteiger charge is -2.12. The van der Waals surface area contributed by atoms with Gasteiger partial charge >= 0.3 is 5.97 Å². The van der Waals surface area contributed by atoms with Gasteiger partial charge in [-0.15, -0.1) is 0 Å². The Morgan fingerprint density at radius 3 is 2.58 bits per heavy atom. The van der Waals surface area contributed by atoms with Gasteiger partial charge in [-0.1, -0.05) is 48.0 Å². The molecule has 0 bridgehead atoms. The Kier molecular flexibility index (Phi) is 6.60. The summed E-state index contributed by atoms with van der Waals surface area (Å²) in [6, 6.07) is 18.3. The van der Waals surface area contributed by atoms with Crippen molar-refractivity contribution >= 4 is 32.9 Å². The molecule has 1 aliphatic carbocycles. The minimum Gasteiger partial charge on any atom is -0.487 e. The summed E-state index contributed by atoms with van der Waals surface area (Å²) in [5, 5.41) is 0. The lowest BCUT2D eigenvalue weighted by molar-refractivity contribution is -0.145. The summed E-state index contributed by atoms with van der Waals surface area (Å²) in [5.74, 6) is 1.30. The van der Waals surface area contributed by atoms with Crippen LogP contribution in [0.25, 0.3) is 11.0 Å². The van der Waals surface area contributed by atoms with Crippen molar-refractivity contribution < 1.29 is 14.3 Å². The predicted octanol–water partition coefficient (Wildman–Crippen LogP) is 6.43. The molecule has 0 aliphatic heterocycles. The zero-order valence-corrected chi connectivity index (χ0v) is 22.6. The Morgan fingerprint density at radius 2 is 1.89 bits per heavy atom. The van der Waals surface area contributed by atoms with E-state index in [2.05, 4.69) is 51.5 Å². The van der Waals surface area contributed by atoms with E-state index in [4.69, 9.17) is 14.5 Å². The van der Waals surface area contributed by atoms with Crippen LogP contribution >= 0.6 is 15.9 Å². The van der Waals surface area contributed by atoms with Gasteiger partial charge in [0, 0.05) is 29.2 Å². The molecule has 7 heteroatoms. The molecule has 2 aromatic carbocycles. The van der Waals surface area contributed by atoms with E-state index in [1.807, 2.05) is 62.5 Å². The first-order valence-electron chi connectivity index (χ1n) is 12.2. The number of benzene rings is 2. The lowest BCUT2D eigenvalue weighted by atomic mass is 10.1. The molecule has 1 aliphatic rings. The van der Waals surface area contributed by atoms with Crippen LogP contribution in [-0.2, 0) is 22.7 Å². The number of carbonyl (C=O) groups excluding carboxylic acids is 1. The number of aryl methyl sites for hydroxylation is 1. The number of aromatic nitrogens is 3. The summed E-state index contributed by atoms with van der Waals surface area (Å²) in [6.07, 6.45) is 1.85. The number of fused-ring (bicyclic) bond motifs is 1. The van der Waals surface area contributed by atoms with Crippen LogP contribution in [0.2, 0.25) is 0 Å². The number of halogens is 1. The topological polar surface area (TPSA) is 66.2 Å². The van der Waals surface area contributed by atoms with Gasteiger partial charge in [-0.25, -0.2) is 4.98 Å². The third-order valence-corrected chi connectivity index (χ3v) is 7.54. The van der Waals surface area contributed by atoms with Gasteiger partial charge in [0.1, 0.15) is 18.2 Å². The van der Waals surface area contributed by atoms with Crippen LogP contribution in [0.1, 0.15) is 49.3 Å². The zero-order chi connectivity index (χ0) is 25.4. The van der Waals surface area contributed by atoms with Crippen molar-refractivity contribution in [1.82, 2.24) is 14.5 Å². The standard InChI is InChI=1S/C29H30BrN3O3/c1-5-35-28(34)26-25(29(26,3)4)27-32-23-13-12-22(36-17-21-11-6-18(2)15-31-21)14-24(23)33(27)16-19-7-9-20(30)10-8-19/h6-15,25-26H,5,16-17H2,1-4H3. The third kappa shape index (κ3) is 4.76. The molecule has 0 N–H and O–H groups in total. The minimum absolute atomic E-state index is 0.0134. The highest BCUT2D eigenvalue weighted by atomic mass is 79.9. The molecular weight excluding hydrogens is 518 g/mol. The minimum atomic E-state index is -0.221. The second-order valence-corrected chi connectivity index (χ2v) is 10.9. The molecule has 4 aromatic rings. The van der Waals surface area contributed by atoms with Gasteiger partial charge in [0.2, 0.25) is 0 Å². The van der Waals surface area contributed by atoms with Crippen molar-refractivity contribution in [2.24, 2.45) is 11.3 Å². The maximum Gasteiger partial charge on any atom is 0.310 e. The van der Waals surface area contributed by atoms with Crippen LogP contribution in [-0.4, -0.2) is 27.1 Å². The average molecular weight is 548 g/mol. The second-order valence-electron chi connectivity index (χ2n) is 9.98. The molecule has 1 fully saturated rings. The van der Waals surface area contributed by atoms with Gasteiger partial charge in [0.15, 0.2) is 0 Å². The summed E-state index contributed by atoms with van der Waals surface area (Å²) in [6.45, 7) is 9.51. The summed E-state index contributed by atoms with van der Waals surface area (Å²) in [4.78, 5) is 22.2. The van der Waals surface area contributed by atoms with Crippen molar-refractivity contribution in [3.8, 4) is 5.75 Å². The maximum absolute atomic E-state index is 12.7. The fourth-order valence-electron chi connectivity index (χ4n) is 4.92. The zero-order valence-electron chi connectivity index (χ0n) is 21.0. The van der Waals surface area contributed by atoms with Crippen LogP contribution in [0.15, 0.2) is 65.3 Å². The number of hydrogen-bond acceptors (Lipinski definition) is 5. The quantitative estimate of drug-likeness (QED) is 0.238. The van der Waals surface area contributed by atoms with Crippen LogP contribution < -0.4 is 4.74 Å². The molecule has 2 heterocycles. The molecule has 1 saturated carbocycles.